The van der Waals surface area contributed by atoms with Gasteiger partial charge >= 0.3 is 5.97 Å². The molecule has 0 spiro atoms. The van der Waals surface area contributed by atoms with Crippen LogP contribution in [0.25, 0.3) is 0 Å². The maximum Gasteiger partial charge on any atom is 0.302 e. The van der Waals surface area contributed by atoms with Gasteiger partial charge < -0.3 is 19.3 Å². The summed E-state index contributed by atoms with van der Waals surface area (Å²) < 4.78 is 15.6. The molecule has 2 aliphatic carbocycles. The van der Waals surface area contributed by atoms with E-state index in [0.29, 0.717) is 0 Å². The summed E-state index contributed by atoms with van der Waals surface area (Å²) >= 11 is 12.9. The van der Waals surface area contributed by atoms with Crippen molar-refractivity contribution in [1.29, 1.82) is 0 Å². The van der Waals surface area contributed by atoms with Crippen LogP contribution in [0.4, 0.5) is 0 Å². The number of ketones is 1. The second-order valence-electron chi connectivity index (χ2n) is 5.07. The Hall–Kier alpha value is -0.400. The first-order valence-electron chi connectivity index (χ1n) is 6.05. The van der Waals surface area contributed by atoms with Gasteiger partial charge in [-0.25, -0.2) is 0 Å². The summed E-state index contributed by atoms with van der Waals surface area (Å²) in [6, 6.07) is 0. The molecular formula is C12H16Cl2O6. The summed E-state index contributed by atoms with van der Waals surface area (Å²) in [5.74, 6) is -3.46. The lowest BCUT2D eigenvalue weighted by Crippen LogP contribution is -2.57. The zero-order valence-electron chi connectivity index (χ0n) is 11.3. The van der Waals surface area contributed by atoms with Gasteiger partial charge in [0.05, 0.1) is 6.61 Å². The first-order valence-corrected chi connectivity index (χ1v) is 6.80. The fourth-order valence-corrected chi connectivity index (χ4v) is 4.58. The number of aliphatic hydroxyl groups is 1. The van der Waals surface area contributed by atoms with Crippen molar-refractivity contribution in [3.63, 3.8) is 0 Å². The van der Waals surface area contributed by atoms with Gasteiger partial charge in [0.25, 0.3) is 0 Å². The Balaban J connectivity index is 2.46. The number of rotatable bonds is 4. The van der Waals surface area contributed by atoms with Gasteiger partial charge in [-0.2, -0.15) is 0 Å². The zero-order chi connectivity index (χ0) is 15.3. The molecule has 2 saturated carbocycles. The summed E-state index contributed by atoms with van der Waals surface area (Å²) in [5, 5.41) is 10.1. The number of carbonyl (C=O) groups excluding carboxylic acids is 2. The van der Waals surface area contributed by atoms with Crippen molar-refractivity contribution in [2.45, 2.75) is 35.0 Å². The van der Waals surface area contributed by atoms with Crippen LogP contribution < -0.4 is 0 Å². The molecule has 2 bridgehead atoms. The van der Waals surface area contributed by atoms with Gasteiger partial charge in [-0.3, -0.25) is 9.59 Å². The van der Waals surface area contributed by atoms with Crippen molar-refractivity contribution in [3.05, 3.63) is 0 Å². The predicted molar refractivity (Wildman–Crippen MR) is 69.7 cm³/mol. The molecule has 0 radical (unpaired) electrons. The highest BCUT2D eigenvalue weighted by atomic mass is 35.5. The van der Waals surface area contributed by atoms with Crippen LogP contribution in [0.15, 0.2) is 0 Å². The number of halogens is 2. The number of esters is 1. The number of ether oxygens (including phenoxy) is 3. The third-order valence-corrected chi connectivity index (χ3v) is 5.59. The maximum absolute atomic E-state index is 12.3. The summed E-state index contributed by atoms with van der Waals surface area (Å²) in [4.78, 5) is 20.0. The highest BCUT2D eigenvalue weighted by Crippen LogP contribution is 2.66. The van der Waals surface area contributed by atoms with E-state index in [-0.39, 0.29) is 13.0 Å². The van der Waals surface area contributed by atoms with Crippen molar-refractivity contribution >= 4 is 35.0 Å². The number of carbonyl (C=O) groups is 2. The summed E-state index contributed by atoms with van der Waals surface area (Å²) in [6.45, 7) is 1.15. The summed E-state index contributed by atoms with van der Waals surface area (Å²) in [5.41, 5.74) is 0. The molecule has 0 aromatic rings. The minimum atomic E-state index is -1.70. The van der Waals surface area contributed by atoms with Gasteiger partial charge in [0, 0.05) is 27.1 Å². The van der Waals surface area contributed by atoms with Gasteiger partial charge in [-0.05, 0) is 6.42 Å². The number of alkyl halides is 2. The van der Waals surface area contributed by atoms with Crippen molar-refractivity contribution in [1.82, 2.24) is 0 Å². The average Bonchev–Trinajstić information content (AvgIpc) is 2.67. The van der Waals surface area contributed by atoms with E-state index in [2.05, 4.69) is 0 Å². The lowest BCUT2D eigenvalue weighted by Gasteiger charge is -2.39. The second kappa shape index (κ2) is 4.81. The van der Waals surface area contributed by atoms with E-state index in [1.54, 1.807) is 0 Å². The first-order chi connectivity index (χ1) is 9.21. The van der Waals surface area contributed by atoms with Crippen molar-refractivity contribution in [2.24, 2.45) is 5.92 Å². The lowest BCUT2D eigenvalue weighted by molar-refractivity contribution is -0.226. The molecule has 0 aliphatic heterocycles. The molecule has 0 amide bonds. The monoisotopic (exact) mass is 326 g/mol. The molecule has 1 N–H and O–H groups in total. The zero-order valence-corrected chi connectivity index (χ0v) is 12.8. The Morgan fingerprint density at radius 1 is 1.40 bits per heavy atom. The molecular weight excluding hydrogens is 311 g/mol. The molecule has 4 atom stereocenters. The van der Waals surface area contributed by atoms with Crippen LogP contribution in [-0.4, -0.2) is 59.3 Å². The SMILES string of the molecule is COC1(OC)[C@@]2(Cl)C[C@H](COC(C)=O)[C@]1(Cl)C(=O)[C@@H]2O. The van der Waals surface area contributed by atoms with Crippen LogP contribution in [0.5, 0.6) is 0 Å². The van der Waals surface area contributed by atoms with Crippen LogP contribution in [0, 0.1) is 5.92 Å². The van der Waals surface area contributed by atoms with Gasteiger partial charge in [0.15, 0.2) is 10.7 Å². The van der Waals surface area contributed by atoms with E-state index < -0.39 is 39.3 Å². The van der Waals surface area contributed by atoms with E-state index in [1.165, 1.54) is 21.1 Å². The van der Waals surface area contributed by atoms with Crippen molar-refractivity contribution in [3.8, 4) is 0 Å². The summed E-state index contributed by atoms with van der Waals surface area (Å²) in [7, 11) is 2.61. The van der Waals surface area contributed by atoms with E-state index in [1.807, 2.05) is 0 Å². The standard InChI is InChI=1S/C12H16Cl2O6/c1-6(15)20-5-7-4-10(13)8(16)9(17)11(7,14)12(10,18-2)19-3/h7-8,16H,4-5H2,1-3H3/t7-,8+,10-,11+/m1/s1. The third kappa shape index (κ3) is 1.57. The molecule has 0 unspecified atom stereocenters. The highest BCUT2D eigenvalue weighted by Gasteiger charge is 2.85. The van der Waals surface area contributed by atoms with Crippen molar-refractivity contribution < 1.29 is 28.9 Å². The van der Waals surface area contributed by atoms with Crippen LogP contribution in [0.3, 0.4) is 0 Å². The Kier molecular flexibility index (Phi) is 3.85. The minimum absolute atomic E-state index is 0.0970. The molecule has 20 heavy (non-hydrogen) atoms. The molecule has 0 saturated heterocycles. The highest BCUT2D eigenvalue weighted by molar-refractivity contribution is 6.43. The van der Waals surface area contributed by atoms with Crippen LogP contribution in [-0.2, 0) is 23.8 Å². The second-order valence-corrected chi connectivity index (χ2v) is 6.34. The molecule has 8 heteroatoms. The van der Waals surface area contributed by atoms with E-state index >= 15 is 0 Å². The number of hydrogen-bond donors (Lipinski definition) is 1. The quantitative estimate of drug-likeness (QED) is 0.459. The molecule has 0 aromatic carbocycles. The Morgan fingerprint density at radius 2 is 1.95 bits per heavy atom. The van der Waals surface area contributed by atoms with E-state index in [4.69, 9.17) is 37.4 Å². The Bertz CT molecular complexity index is 451. The lowest BCUT2D eigenvalue weighted by atomic mass is 9.85. The fourth-order valence-electron chi connectivity index (χ4n) is 3.38. The van der Waals surface area contributed by atoms with Gasteiger partial charge in [-0.15, -0.1) is 23.2 Å². The topological polar surface area (TPSA) is 82.1 Å². The number of aliphatic hydroxyl groups excluding tert-OH is 1. The average molecular weight is 327 g/mol. The minimum Gasteiger partial charge on any atom is -0.465 e. The molecule has 2 aliphatic rings. The predicted octanol–water partition coefficient (Wildman–Crippen LogP) is 0.457. The van der Waals surface area contributed by atoms with Crippen LogP contribution >= 0.6 is 23.2 Å². The van der Waals surface area contributed by atoms with Gasteiger partial charge in [0.2, 0.25) is 5.79 Å². The number of fused-ring (bicyclic) bond motifs is 2. The third-order valence-electron chi connectivity index (χ3n) is 4.24. The first kappa shape index (κ1) is 16.0. The molecule has 2 rings (SSSR count). The maximum atomic E-state index is 12.3. The fraction of sp³-hybridized carbons (Fsp3) is 0.833. The smallest absolute Gasteiger partial charge is 0.302 e. The summed E-state index contributed by atoms with van der Waals surface area (Å²) in [6.07, 6.45) is -1.38. The number of hydrogen-bond acceptors (Lipinski definition) is 6. The number of Topliss-reactive ketones (excluding diaryl/α,β-unsaturated/α-hetero) is 1. The van der Waals surface area contributed by atoms with Gasteiger partial charge in [-0.1, -0.05) is 0 Å². The Labute approximate surface area is 126 Å². The Morgan fingerprint density at radius 3 is 2.35 bits per heavy atom. The molecule has 2 fully saturated rings. The molecule has 114 valence electrons. The van der Waals surface area contributed by atoms with E-state index in [9.17, 15) is 14.7 Å². The van der Waals surface area contributed by atoms with Crippen molar-refractivity contribution in [2.75, 3.05) is 20.8 Å². The van der Waals surface area contributed by atoms with Gasteiger partial charge in [0.1, 0.15) is 11.0 Å². The molecule has 6 nitrogen and oxygen atoms in total. The van der Waals surface area contributed by atoms with Crippen LogP contribution in [0.2, 0.25) is 0 Å². The molecule has 0 heterocycles. The van der Waals surface area contributed by atoms with Crippen LogP contribution in [0.1, 0.15) is 13.3 Å². The molecule has 0 aromatic heterocycles. The van der Waals surface area contributed by atoms with E-state index in [0.717, 1.165) is 0 Å². The normalized spacial score (nSPS) is 42.0. The largest absolute Gasteiger partial charge is 0.465 e. The number of methoxy groups -OCH3 is 2.